The number of hydrogen-bond donors (Lipinski definition) is 0. The molecule has 2 nitrogen and oxygen atoms in total. The predicted octanol–water partition coefficient (Wildman–Crippen LogP) is 2.25. The zero-order chi connectivity index (χ0) is 8.55. The van der Waals surface area contributed by atoms with Gasteiger partial charge in [0.2, 0.25) is 0 Å². The summed E-state index contributed by atoms with van der Waals surface area (Å²) >= 11 is 0. The number of hydrogen-bond acceptors (Lipinski definition) is 2. The normalized spacial score (nSPS) is 10.5. The zero-order valence-electron chi connectivity index (χ0n) is 7.20. The Morgan fingerprint density at radius 3 is 2.92 bits per heavy atom. The molecule has 0 fully saturated rings. The van der Waals surface area contributed by atoms with E-state index in [1.165, 1.54) is 0 Å². The first-order valence-electron chi connectivity index (χ1n) is 3.96. The third-order valence-electron chi connectivity index (χ3n) is 1.92. The smallest absolute Gasteiger partial charge is 0.0738 e. The van der Waals surface area contributed by atoms with Crippen molar-refractivity contribution < 1.29 is 0 Å². The highest BCUT2D eigenvalue weighted by Gasteiger charge is 1.98. The average molecular weight is 158 g/mol. The van der Waals surface area contributed by atoms with E-state index in [2.05, 4.69) is 9.97 Å². The summed E-state index contributed by atoms with van der Waals surface area (Å²) in [5, 5.41) is 1.14. The molecule has 2 aromatic rings. The SMILES string of the molecule is Cc1cc2ncccc2c(C)n1. The van der Waals surface area contributed by atoms with Crippen molar-refractivity contribution in [3.63, 3.8) is 0 Å². The van der Waals surface area contributed by atoms with Crippen LogP contribution < -0.4 is 0 Å². The summed E-state index contributed by atoms with van der Waals surface area (Å²) in [6.07, 6.45) is 1.81. The summed E-state index contributed by atoms with van der Waals surface area (Å²) in [6, 6.07) is 5.98. The van der Waals surface area contributed by atoms with Crippen LogP contribution in [0.3, 0.4) is 0 Å². The van der Waals surface area contributed by atoms with Gasteiger partial charge in [-0.05, 0) is 32.0 Å². The molecule has 0 unspecified atom stereocenters. The summed E-state index contributed by atoms with van der Waals surface area (Å²) in [5.41, 5.74) is 3.11. The van der Waals surface area contributed by atoms with Gasteiger partial charge < -0.3 is 0 Å². The minimum atomic E-state index is 1.03. The predicted molar refractivity (Wildman–Crippen MR) is 49.0 cm³/mol. The van der Waals surface area contributed by atoms with Crippen LogP contribution >= 0.6 is 0 Å². The standard InChI is InChI=1S/C10H10N2/c1-7-6-10-9(8(2)12-7)4-3-5-11-10/h3-6H,1-2H3. The summed E-state index contributed by atoms with van der Waals surface area (Å²) in [6.45, 7) is 4.00. The number of aryl methyl sites for hydroxylation is 2. The number of fused-ring (bicyclic) bond motifs is 1. The number of aromatic nitrogens is 2. The minimum absolute atomic E-state index is 1.03. The van der Waals surface area contributed by atoms with Crippen molar-refractivity contribution >= 4 is 10.9 Å². The molecule has 12 heavy (non-hydrogen) atoms. The number of pyridine rings is 2. The lowest BCUT2D eigenvalue weighted by Crippen LogP contribution is -1.89. The lowest BCUT2D eigenvalue weighted by Gasteiger charge is -2.00. The molecule has 0 radical (unpaired) electrons. The maximum atomic E-state index is 4.36. The van der Waals surface area contributed by atoms with E-state index in [9.17, 15) is 0 Å². The quantitative estimate of drug-likeness (QED) is 0.587. The Morgan fingerprint density at radius 1 is 1.25 bits per heavy atom. The maximum Gasteiger partial charge on any atom is 0.0738 e. The Morgan fingerprint density at radius 2 is 2.08 bits per heavy atom. The molecule has 2 heteroatoms. The van der Waals surface area contributed by atoms with Gasteiger partial charge in [-0.25, -0.2) is 0 Å². The molecule has 0 aromatic carbocycles. The molecule has 2 rings (SSSR count). The molecule has 2 aromatic heterocycles. The molecule has 0 saturated heterocycles. The first-order chi connectivity index (χ1) is 5.77. The highest BCUT2D eigenvalue weighted by Crippen LogP contribution is 2.14. The van der Waals surface area contributed by atoms with Crippen LogP contribution in [0.1, 0.15) is 11.4 Å². The topological polar surface area (TPSA) is 25.8 Å². The second kappa shape index (κ2) is 2.55. The summed E-state index contributed by atoms with van der Waals surface area (Å²) < 4.78 is 0. The van der Waals surface area contributed by atoms with Gasteiger partial charge in [0.1, 0.15) is 0 Å². The van der Waals surface area contributed by atoms with E-state index in [4.69, 9.17) is 0 Å². The third-order valence-corrected chi connectivity index (χ3v) is 1.92. The fourth-order valence-electron chi connectivity index (χ4n) is 1.39. The van der Waals surface area contributed by atoms with Crippen molar-refractivity contribution in [3.05, 3.63) is 35.8 Å². The number of rotatable bonds is 0. The van der Waals surface area contributed by atoms with Crippen molar-refractivity contribution in [1.29, 1.82) is 0 Å². The molecule has 0 spiro atoms. The van der Waals surface area contributed by atoms with E-state index in [0.717, 1.165) is 22.3 Å². The van der Waals surface area contributed by atoms with Crippen LogP contribution in [0, 0.1) is 13.8 Å². The molecular weight excluding hydrogens is 148 g/mol. The zero-order valence-corrected chi connectivity index (χ0v) is 7.20. The van der Waals surface area contributed by atoms with Crippen LogP contribution in [0.2, 0.25) is 0 Å². The van der Waals surface area contributed by atoms with Gasteiger partial charge in [0.25, 0.3) is 0 Å². The highest BCUT2D eigenvalue weighted by atomic mass is 14.7. The lowest BCUT2D eigenvalue weighted by atomic mass is 10.2. The van der Waals surface area contributed by atoms with Gasteiger partial charge in [0.05, 0.1) is 5.52 Å². The van der Waals surface area contributed by atoms with Gasteiger partial charge in [-0.15, -0.1) is 0 Å². The van der Waals surface area contributed by atoms with Crippen LogP contribution in [0.4, 0.5) is 0 Å². The van der Waals surface area contributed by atoms with Crippen molar-refractivity contribution in [3.8, 4) is 0 Å². The Labute approximate surface area is 71.3 Å². The molecule has 0 aliphatic rings. The van der Waals surface area contributed by atoms with Crippen LogP contribution in [-0.4, -0.2) is 9.97 Å². The van der Waals surface area contributed by atoms with Crippen molar-refractivity contribution in [2.24, 2.45) is 0 Å². The Kier molecular flexibility index (Phi) is 1.54. The molecular formula is C10H10N2. The Balaban J connectivity index is 2.89. The largest absolute Gasteiger partial charge is 0.258 e. The van der Waals surface area contributed by atoms with Crippen molar-refractivity contribution in [1.82, 2.24) is 9.97 Å². The van der Waals surface area contributed by atoms with Crippen LogP contribution in [-0.2, 0) is 0 Å². The molecule has 60 valence electrons. The monoisotopic (exact) mass is 158 g/mol. The number of nitrogens with zero attached hydrogens (tertiary/aromatic N) is 2. The fraction of sp³-hybridized carbons (Fsp3) is 0.200. The van der Waals surface area contributed by atoms with Gasteiger partial charge in [-0.1, -0.05) is 0 Å². The molecule has 2 heterocycles. The second-order valence-corrected chi connectivity index (χ2v) is 2.92. The summed E-state index contributed by atoms with van der Waals surface area (Å²) in [4.78, 5) is 8.62. The Bertz CT molecular complexity index is 421. The van der Waals surface area contributed by atoms with E-state index in [-0.39, 0.29) is 0 Å². The average Bonchev–Trinajstić information content (AvgIpc) is 2.04. The molecule has 0 N–H and O–H groups in total. The maximum absolute atomic E-state index is 4.36. The van der Waals surface area contributed by atoms with Gasteiger partial charge in [0.15, 0.2) is 0 Å². The van der Waals surface area contributed by atoms with E-state index in [1.54, 1.807) is 6.20 Å². The van der Waals surface area contributed by atoms with Crippen molar-refractivity contribution in [2.45, 2.75) is 13.8 Å². The van der Waals surface area contributed by atoms with Crippen LogP contribution in [0.5, 0.6) is 0 Å². The third kappa shape index (κ3) is 1.05. The van der Waals surface area contributed by atoms with Crippen molar-refractivity contribution in [2.75, 3.05) is 0 Å². The molecule has 0 aliphatic heterocycles. The van der Waals surface area contributed by atoms with E-state index >= 15 is 0 Å². The summed E-state index contributed by atoms with van der Waals surface area (Å²) in [7, 11) is 0. The first-order valence-corrected chi connectivity index (χ1v) is 3.96. The molecule has 0 bridgehead atoms. The van der Waals surface area contributed by atoms with E-state index in [0.29, 0.717) is 0 Å². The first kappa shape index (κ1) is 7.22. The van der Waals surface area contributed by atoms with Gasteiger partial charge >= 0.3 is 0 Å². The molecule has 0 atom stereocenters. The van der Waals surface area contributed by atoms with Gasteiger partial charge in [-0.3, -0.25) is 9.97 Å². The molecule has 0 aliphatic carbocycles. The minimum Gasteiger partial charge on any atom is -0.258 e. The molecule has 0 saturated carbocycles. The lowest BCUT2D eigenvalue weighted by molar-refractivity contribution is 1.14. The highest BCUT2D eigenvalue weighted by molar-refractivity contribution is 5.80. The summed E-state index contributed by atoms with van der Waals surface area (Å²) in [5.74, 6) is 0. The van der Waals surface area contributed by atoms with Crippen LogP contribution in [0.15, 0.2) is 24.4 Å². The van der Waals surface area contributed by atoms with E-state index in [1.807, 2.05) is 32.0 Å². The van der Waals surface area contributed by atoms with Gasteiger partial charge in [-0.2, -0.15) is 0 Å². The van der Waals surface area contributed by atoms with Crippen LogP contribution in [0.25, 0.3) is 10.9 Å². The second-order valence-electron chi connectivity index (χ2n) is 2.92. The van der Waals surface area contributed by atoms with E-state index < -0.39 is 0 Å². The van der Waals surface area contributed by atoms with Gasteiger partial charge in [0, 0.05) is 23.0 Å². The fourth-order valence-corrected chi connectivity index (χ4v) is 1.39. The molecule has 0 amide bonds. The Hall–Kier alpha value is -1.44.